The Labute approximate surface area is 141 Å². The van der Waals surface area contributed by atoms with Gasteiger partial charge in [-0.3, -0.25) is 0 Å². The van der Waals surface area contributed by atoms with Gasteiger partial charge in [0.1, 0.15) is 0 Å². The zero-order chi connectivity index (χ0) is 19.7. The van der Waals surface area contributed by atoms with E-state index in [0.29, 0.717) is 18.9 Å². The molecular formula is C17H47NO4. The van der Waals surface area contributed by atoms with Gasteiger partial charge in [-0.25, -0.2) is 0 Å². The Bertz CT molecular complexity index is 93.2. The van der Waals surface area contributed by atoms with Crippen LogP contribution in [0.15, 0.2) is 0 Å². The summed E-state index contributed by atoms with van der Waals surface area (Å²) in [6, 6.07) is 0. The van der Waals surface area contributed by atoms with Crippen molar-refractivity contribution < 1.29 is 20.4 Å². The summed E-state index contributed by atoms with van der Waals surface area (Å²) in [5, 5.41) is 33.0. The lowest BCUT2D eigenvalue weighted by molar-refractivity contribution is -0.0541. The maximum atomic E-state index is 8.28. The summed E-state index contributed by atoms with van der Waals surface area (Å²) < 4.78 is 0. The van der Waals surface area contributed by atoms with Crippen LogP contribution in [0.1, 0.15) is 75.7 Å². The van der Waals surface area contributed by atoms with E-state index in [1.807, 2.05) is 69.2 Å². The Hall–Kier alpha value is -0.200. The first-order valence-corrected chi connectivity index (χ1v) is 8.62. The number of likely N-dealkylation sites (N-methyl/N-ethyl adjacent to an activating group) is 1. The number of hydrogen-bond acceptors (Lipinski definition) is 5. The molecule has 5 heteroatoms. The van der Waals surface area contributed by atoms with Gasteiger partial charge in [-0.15, -0.1) is 0 Å². The van der Waals surface area contributed by atoms with Crippen molar-refractivity contribution >= 4 is 0 Å². The maximum Gasteiger partial charge on any atom is 0.164 e. The van der Waals surface area contributed by atoms with E-state index in [1.165, 1.54) is 0 Å². The van der Waals surface area contributed by atoms with E-state index in [-0.39, 0.29) is 0 Å². The summed E-state index contributed by atoms with van der Waals surface area (Å²) in [5.41, 5.74) is 0. The molecule has 0 bridgehead atoms. The van der Waals surface area contributed by atoms with E-state index in [0.717, 1.165) is 0 Å². The molecule has 0 radical (unpaired) electrons. The van der Waals surface area contributed by atoms with Gasteiger partial charge in [0.2, 0.25) is 0 Å². The minimum absolute atomic E-state index is 0.306. The Kier molecular flexibility index (Phi) is 73.5. The van der Waals surface area contributed by atoms with Crippen LogP contribution in [0.2, 0.25) is 0 Å². The van der Waals surface area contributed by atoms with Gasteiger partial charge in [0.15, 0.2) is 12.6 Å². The van der Waals surface area contributed by atoms with Crippen molar-refractivity contribution in [1.82, 2.24) is 4.90 Å². The van der Waals surface area contributed by atoms with E-state index < -0.39 is 12.6 Å². The van der Waals surface area contributed by atoms with Gasteiger partial charge < -0.3 is 25.3 Å². The topological polar surface area (TPSA) is 84.2 Å². The molecule has 0 saturated carbocycles. The summed E-state index contributed by atoms with van der Waals surface area (Å²) in [6.07, 6.45) is -1.85. The summed E-state index contributed by atoms with van der Waals surface area (Å²) in [7, 11) is 3.55. The van der Waals surface area contributed by atoms with Crippen molar-refractivity contribution in [3.63, 3.8) is 0 Å². The van der Waals surface area contributed by atoms with E-state index in [9.17, 15) is 0 Å². The lowest BCUT2D eigenvalue weighted by Gasteiger charge is -2.09. The summed E-state index contributed by atoms with van der Waals surface area (Å²) >= 11 is 0. The number of nitrogens with zero attached hydrogens (tertiary/aromatic N) is 1. The Morgan fingerprint density at radius 1 is 0.636 bits per heavy atom. The van der Waals surface area contributed by atoms with Crippen molar-refractivity contribution in [2.45, 2.75) is 88.2 Å². The Morgan fingerprint density at radius 3 is 0.909 bits per heavy atom. The average molecular weight is 330 g/mol. The van der Waals surface area contributed by atoms with E-state index >= 15 is 0 Å². The molecule has 144 valence electrons. The van der Waals surface area contributed by atoms with E-state index in [2.05, 4.69) is 0 Å². The van der Waals surface area contributed by atoms with E-state index in [4.69, 9.17) is 20.4 Å². The predicted molar refractivity (Wildman–Crippen MR) is 99.9 cm³/mol. The molecule has 0 atom stereocenters. The molecule has 0 aromatic rings. The van der Waals surface area contributed by atoms with Crippen molar-refractivity contribution in [2.75, 3.05) is 20.6 Å². The second kappa shape index (κ2) is 42.8. The minimum Gasteiger partial charge on any atom is -0.368 e. The van der Waals surface area contributed by atoms with Gasteiger partial charge in [-0.05, 0) is 20.0 Å². The minimum atomic E-state index is -1.20. The predicted octanol–water partition coefficient (Wildman–Crippen LogP) is 3.31. The second-order valence-electron chi connectivity index (χ2n) is 3.85. The van der Waals surface area contributed by atoms with Gasteiger partial charge in [0.25, 0.3) is 0 Å². The molecule has 0 saturated heterocycles. The highest BCUT2D eigenvalue weighted by Crippen LogP contribution is 2.00. The summed E-state index contributed by atoms with van der Waals surface area (Å²) in [5.74, 6) is 0.375. The first-order chi connectivity index (χ1) is 10.3. The third kappa shape index (κ3) is 115. The summed E-state index contributed by atoms with van der Waals surface area (Å²) in [4.78, 5) is 1.70. The SMILES string of the molecule is CC.CC.CC.CC.CC(C)CC(O)O.CN(C)CC(O)O. The van der Waals surface area contributed by atoms with E-state index in [1.54, 1.807) is 19.0 Å². The van der Waals surface area contributed by atoms with Crippen LogP contribution in [-0.4, -0.2) is 58.5 Å². The molecule has 0 unspecified atom stereocenters. The first-order valence-electron chi connectivity index (χ1n) is 8.62. The van der Waals surface area contributed by atoms with Gasteiger partial charge >= 0.3 is 0 Å². The zero-order valence-electron chi connectivity index (χ0n) is 17.4. The molecule has 5 nitrogen and oxygen atoms in total. The zero-order valence-corrected chi connectivity index (χ0v) is 17.4. The molecule has 0 aliphatic carbocycles. The lowest BCUT2D eigenvalue weighted by atomic mass is 10.1. The number of rotatable bonds is 4. The molecule has 0 spiro atoms. The van der Waals surface area contributed by atoms with Gasteiger partial charge in [0, 0.05) is 13.0 Å². The van der Waals surface area contributed by atoms with Crippen molar-refractivity contribution in [3.05, 3.63) is 0 Å². The summed E-state index contributed by atoms with van der Waals surface area (Å²) in [6.45, 7) is 20.2. The smallest absolute Gasteiger partial charge is 0.164 e. The quantitative estimate of drug-likeness (QED) is 0.595. The number of aliphatic hydroxyl groups excluding tert-OH is 2. The molecule has 0 rings (SSSR count). The fourth-order valence-corrected chi connectivity index (χ4v) is 0.748. The monoisotopic (exact) mass is 329 g/mol. The fraction of sp³-hybridized carbons (Fsp3) is 1.00. The molecule has 0 fully saturated rings. The first kappa shape index (κ1) is 37.8. The third-order valence-corrected chi connectivity index (χ3v) is 1.21. The molecular weight excluding hydrogens is 282 g/mol. The molecule has 22 heavy (non-hydrogen) atoms. The third-order valence-electron chi connectivity index (χ3n) is 1.21. The molecule has 4 N–H and O–H groups in total. The molecule has 0 aromatic carbocycles. The lowest BCUT2D eigenvalue weighted by Crippen LogP contribution is -2.24. The highest BCUT2D eigenvalue weighted by Gasteiger charge is 1.98. The van der Waals surface area contributed by atoms with Gasteiger partial charge in [0.05, 0.1) is 0 Å². The van der Waals surface area contributed by atoms with Crippen LogP contribution in [0.3, 0.4) is 0 Å². The van der Waals surface area contributed by atoms with Gasteiger partial charge in [-0.1, -0.05) is 69.2 Å². The average Bonchev–Trinajstić information content (AvgIpc) is 2.45. The highest BCUT2D eigenvalue weighted by atomic mass is 16.5. The maximum absolute atomic E-state index is 8.28. The molecule has 0 aliphatic heterocycles. The highest BCUT2D eigenvalue weighted by molar-refractivity contribution is 4.43. The van der Waals surface area contributed by atoms with Crippen LogP contribution < -0.4 is 0 Å². The molecule has 0 aliphatic rings. The number of hydrogen-bond donors (Lipinski definition) is 4. The Morgan fingerprint density at radius 2 is 0.909 bits per heavy atom. The van der Waals surface area contributed by atoms with Crippen molar-refractivity contribution in [1.29, 1.82) is 0 Å². The van der Waals surface area contributed by atoms with Crippen LogP contribution >= 0.6 is 0 Å². The number of aliphatic hydroxyl groups is 4. The normalized spacial score (nSPS) is 8.18. The van der Waals surface area contributed by atoms with Crippen LogP contribution in [0, 0.1) is 5.92 Å². The fourth-order valence-electron chi connectivity index (χ4n) is 0.748. The Balaban J connectivity index is -0.0000000400. The van der Waals surface area contributed by atoms with Crippen LogP contribution in [0.4, 0.5) is 0 Å². The van der Waals surface area contributed by atoms with Crippen LogP contribution in [0.25, 0.3) is 0 Å². The standard InChI is InChI=1S/C5H12O2.C4H11NO2.4C2H6/c1-4(2)3-5(6)7;1-5(2)3-4(6)7;4*1-2/h4-7H,3H2,1-2H3;4,6-7H,3H2,1-2H3;4*1-2H3. The second-order valence-corrected chi connectivity index (χ2v) is 3.85. The molecule has 0 amide bonds. The molecule has 0 aromatic heterocycles. The molecule has 0 heterocycles. The van der Waals surface area contributed by atoms with Crippen LogP contribution in [0.5, 0.6) is 0 Å². The van der Waals surface area contributed by atoms with Crippen LogP contribution in [-0.2, 0) is 0 Å². The largest absolute Gasteiger partial charge is 0.368 e. The van der Waals surface area contributed by atoms with Crippen molar-refractivity contribution in [2.24, 2.45) is 5.92 Å². The van der Waals surface area contributed by atoms with Crippen molar-refractivity contribution in [3.8, 4) is 0 Å². The van der Waals surface area contributed by atoms with Gasteiger partial charge in [-0.2, -0.15) is 0 Å².